The van der Waals surface area contributed by atoms with E-state index >= 15 is 0 Å². The number of para-hydroxylation sites is 1. The van der Waals surface area contributed by atoms with Gasteiger partial charge in [-0.2, -0.15) is 0 Å². The molecule has 10 radical (unpaired) electrons. The summed E-state index contributed by atoms with van der Waals surface area (Å²) in [6.07, 6.45) is 0. The third-order valence-electron chi connectivity index (χ3n) is 10.8. The van der Waals surface area contributed by atoms with Crippen LogP contribution < -0.4 is 27.3 Å². The number of aromatic nitrogens is 3. The monoisotopic (exact) mass is 611 g/mol. The number of fused-ring (bicyclic) bond motifs is 7. The molecule has 0 saturated heterocycles. The molecule has 10 rings (SSSR count). The zero-order valence-corrected chi connectivity index (χ0v) is 27.0. The molecule has 2 aromatic heterocycles. The first-order valence-electron chi connectivity index (χ1n) is 16.3. The van der Waals surface area contributed by atoms with Gasteiger partial charge in [-0.15, -0.1) is 16.4 Å². The maximum absolute atomic E-state index is 6.60. The first-order chi connectivity index (χ1) is 23.7. The molecule has 0 spiro atoms. The van der Waals surface area contributed by atoms with Gasteiger partial charge in [0.05, 0.1) is 22.2 Å². The Morgan fingerprint density at radius 2 is 1.08 bits per heavy atom. The van der Waals surface area contributed by atoms with Gasteiger partial charge in [-0.25, -0.2) is 9.97 Å². The van der Waals surface area contributed by atoms with Gasteiger partial charge in [-0.1, -0.05) is 91.5 Å². The van der Waals surface area contributed by atoms with Crippen molar-refractivity contribution in [3.63, 3.8) is 0 Å². The van der Waals surface area contributed by atoms with Crippen LogP contribution in [0.15, 0.2) is 97.1 Å². The summed E-state index contributed by atoms with van der Waals surface area (Å²) in [7, 11) is 32.1. The minimum absolute atomic E-state index is 0.110. The summed E-state index contributed by atoms with van der Waals surface area (Å²) >= 11 is 0. The average Bonchev–Trinajstić information content (AvgIpc) is 3.58. The first kappa shape index (κ1) is 28.8. The van der Waals surface area contributed by atoms with E-state index in [0.29, 0.717) is 17.2 Å². The van der Waals surface area contributed by atoms with Crippen molar-refractivity contribution >= 4 is 121 Å². The van der Waals surface area contributed by atoms with Gasteiger partial charge in [0, 0.05) is 21.6 Å². The zero-order chi connectivity index (χ0) is 33.5. The summed E-state index contributed by atoms with van der Waals surface area (Å²) in [5.41, 5.74) is 9.91. The van der Waals surface area contributed by atoms with Crippen LogP contribution in [0.25, 0.3) is 82.6 Å². The van der Waals surface area contributed by atoms with Gasteiger partial charge in [0.15, 0.2) is 0 Å². The Morgan fingerprint density at radius 1 is 0.510 bits per heavy atom. The maximum atomic E-state index is 6.60. The fourth-order valence-corrected chi connectivity index (χ4v) is 8.43. The highest BCUT2D eigenvalue weighted by molar-refractivity contribution is 6.68. The summed E-state index contributed by atoms with van der Waals surface area (Å²) in [5, 5.41) is 7.95. The number of rotatable bonds is 2. The van der Waals surface area contributed by atoms with E-state index in [-0.39, 0.29) is 32.7 Å². The lowest BCUT2D eigenvalue weighted by atomic mass is 9.60. The molecular weight excluding hydrogens is 589 g/mol. The molecule has 7 aromatic carbocycles. The van der Waals surface area contributed by atoms with Crippen LogP contribution in [-0.2, 0) is 5.41 Å². The SMILES string of the molecule is [B]c1c([B])c([B])c(-c2nc(-n3c4cccc5c6cc7c(cc6c6cccc3c6c54)C(C)(C)c3ccccc3-7)nc3ccccc23)c([B])c1[B]. The first-order valence-corrected chi connectivity index (χ1v) is 16.3. The van der Waals surface area contributed by atoms with Gasteiger partial charge in [-0.3, -0.25) is 4.57 Å². The Morgan fingerprint density at radius 3 is 1.78 bits per heavy atom. The third-order valence-corrected chi connectivity index (χ3v) is 10.8. The molecular formula is C41H22B5N3. The largest absolute Gasteiger partial charge is 0.278 e. The summed E-state index contributed by atoms with van der Waals surface area (Å²) in [5.74, 6) is 0.485. The van der Waals surface area contributed by atoms with Crippen molar-refractivity contribution in [1.82, 2.24) is 14.5 Å². The van der Waals surface area contributed by atoms with Crippen molar-refractivity contribution in [1.29, 1.82) is 0 Å². The molecule has 216 valence electrons. The normalized spacial score (nSPS) is 13.7. The van der Waals surface area contributed by atoms with Crippen molar-refractivity contribution < 1.29 is 0 Å². The van der Waals surface area contributed by atoms with Crippen LogP contribution in [0.4, 0.5) is 0 Å². The Bertz CT molecular complexity index is 2900. The minimum Gasteiger partial charge on any atom is -0.278 e. The van der Waals surface area contributed by atoms with E-state index < -0.39 is 0 Å². The van der Waals surface area contributed by atoms with E-state index in [9.17, 15) is 0 Å². The second-order valence-electron chi connectivity index (χ2n) is 13.7. The lowest BCUT2D eigenvalue weighted by Gasteiger charge is -2.22. The Kier molecular flexibility index (Phi) is 5.69. The van der Waals surface area contributed by atoms with Crippen LogP contribution in [0, 0.1) is 0 Å². The fraction of sp³-hybridized carbons (Fsp3) is 0.0732. The number of hydrogen-bond acceptors (Lipinski definition) is 2. The lowest BCUT2D eigenvalue weighted by molar-refractivity contribution is 0.661. The number of hydrogen-bond donors (Lipinski definition) is 0. The van der Waals surface area contributed by atoms with Crippen molar-refractivity contribution in [3.05, 3.63) is 108 Å². The van der Waals surface area contributed by atoms with Crippen LogP contribution in [-0.4, -0.2) is 53.8 Å². The van der Waals surface area contributed by atoms with Gasteiger partial charge in [0.1, 0.15) is 39.2 Å². The smallest absolute Gasteiger partial charge is 0.235 e. The molecule has 0 amide bonds. The van der Waals surface area contributed by atoms with Crippen molar-refractivity contribution in [2.75, 3.05) is 0 Å². The Balaban J connectivity index is 1.33. The number of benzene rings is 7. The predicted octanol–water partition coefficient (Wildman–Crippen LogP) is 4.41. The van der Waals surface area contributed by atoms with E-state index in [0.717, 1.165) is 21.9 Å². The highest BCUT2D eigenvalue weighted by atomic mass is 15.2. The minimum atomic E-state index is -0.110. The molecule has 3 nitrogen and oxygen atoms in total. The second kappa shape index (κ2) is 9.69. The maximum Gasteiger partial charge on any atom is 0.235 e. The van der Waals surface area contributed by atoms with E-state index in [1.54, 1.807) is 0 Å². The predicted molar refractivity (Wildman–Crippen MR) is 210 cm³/mol. The Hall–Kier alpha value is -5.22. The van der Waals surface area contributed by atoms with Gasteiger partial charge in [-0.05, 0) is 79.7 Å². The quantitative estimate of drug-likeness (QED) is 0.215. The van der Waals surface area contributed by atoms with Crippen LogP contribution in [0.5, 0.6) is 0 Å². The molecule has 0 atom stereocenters. The summed E-state index contributed by atoms with van der Waals surface area (Å²) in [6, 6.07) is 34.4. The summed E-state index contributed by atoms with van der Waals surface area (Å²) in [6.45, 7) is 4.65. The van der Waals surface area contributed by atoms with E-state index in [2.05, 4.69) is 91.2 Å². The molecule has 0 fully saturated rings. The molecule has 2 heterocycles. The molecule has 0 saturated carbocycles. The zero-order valence-electron chi connectivity index (χ0n) is 27.0. The molecule has 0 unspecified atom stereocenters. The fourth-order valence-electron chi connectivity index (χ4n) is 8.43. The summed E-state index contributed by atoms with van der Waals surface area (Å²) in [4.78, 5) is 10.3. The van der Waals surface area contributed by atoms with Crippen LogP contribution in [0.3, 0.4) is 0 Å². The number of nitrogens with zero attached hydrogens (tertiary/aromatic N) is 3. The van der Waals surface area contributed by atoms with E-state index in [1.807, 2.05) is 24.3 Å². The molecule has 8 heteroatoms. The van der Waals surface area contributed by atoms with Gasteiger partial charge in [0.2, 0.25) is 5.95 Å². The molecule has 0 bridgehead atoms. The van der Waals surface area contributed by atoms with Gasteiger partial charge < -0.3 is 0 Å². The topological polar surface area (TPSA) is 30.7 Å². The molecule has 9 aromatic rings. The second-order valence-corrected chi connectivity index (χ2v) is 13.7. The molecule has 1 aliphatic carbocycles. The van der Waals surface area contributed by atoms with Crippen LogP contribution in [0.2, 0.25) is 0 Å². The van der Waals surface area contributed by atoms with Crippen LogP contribution in [0.1, 0.15) is 25.0 Å². The highest BCUT2D eigenvalue weighted by Gasteiger charge is 2.36. The van der Waals surface area contributed by atoms with Gasteiger partial charge >= 0.3 is 0 Å². The molecule has 49 heavy (non-hydrogen) atoms. The van der Waals surface area contributed by atoms with Crippen LogP contribution >= 0.6 is 0 Å². The molecule has 0 aliphatic heterocycles. The van der Waals surface area contributed by atoms with Crippen molar-refractivity contribution in [3.8, 4) is 28.3 Å². The third kappa shape index (κ3) is 3.59. The molecule has 0 N–H and O–H groups in total. The van der Waals surface area contributed by atoms with Crippen molar-refractivity contribution in [2.45, 2.75) is 19.3 Å². The summed E-state index contributed by atoms with van der Waals surface area (Å²) < 4.78 is 2.14. The van der Waals surface area contributed by atoms with E-state index in [4.69, 9.17) is 49.2 Å². The lowest BCUT2D eigenvalue weighted by Crippen LogP contribution is -2.55. The van der Waals surface area contributed by atoms with E-state index in [1.165, 1.54) is 54.6 Å². The van der Waals surface area contributed by atoms with Gasteiger partial charge in [0.25, 0.3) is 0 Å². The Labute approximate surface area is 290 Å². The van der Waals surface area contributed by atoms with Crippen molar-refractivity contribution in [2.24, 2.45) is 0 Å². The highest BCUT2D eigenvalue weighted by Crippen LogP contribution is 2.52. The molecule has 1 aliphatic rings. The average molecular weight is 611 g/mol. The standard InChI is InChI=1S/C41H22B5N3/c1-41(2)26-13-5-3-9-19(26)25-17-23-20-11-7-15-29-31(20)32-21(24(23)18-27(25)41)12-8-16-30(32)49(29)40-47-28-14-6-4-10-22(28)39(48-40)33-34(42)36(44)38(46)37(45)35(33)43/h3-18H,1-2H3.